The van der Waals surface area contributed by atoms with E-state index in [1.807, 2.05) is 31.2 Å². The molecule has 7 nitrogen and oxygen atoms in total. The highest BCUT2D eigenvalue weighted by molar-refractivity contribution is 5.85. The number of nitrogens with zero attached hydrogens (tertiary/aromatic N) is 1. The number of amides is 3. The van der Waals surface area contributed by atoms with Crippen LogP contribution in [-0.2, 0) is 9.59 Å². The molecule has 0 aromatic heterocycles. The fourth-order valence-corrected chi connectivity index (χ4v) is 2.80. The van der Waals surface area contributed by atoms with Crippen LogP contribution in [0, 0.1) is 12.8 Å². The van der Waals surface area contributed by atoms with Gasteiger partial charge in [-0.2, -0.15) is 0 Å². The van der Waals surface area contributed by atoms with Crippen LogP contribution in [0.5, 0.6) is 0 Å². The summed E-state index contributed by atoms with van der Waals surface area (Å²) < 4.78 is 0. The van der Waals surface area contributed by atoms with Crippen molar-refractivity contribution in [2.75, 3.05) is 13.1 Å². The van der Waals surface area contributed by atoms with Gasteiger partial charge in [0, 0.05) is 13.1 Å². The Balaban J connectivity index is 0.00000288. The average Bonchev–Trinajstić information content (AvgIpc) is 2.96. The van der Waals surface area contributed by atoms with Crippen molar-refractivity contribution in [3.05, 3.63) is 35.4 Å². The zero-order valence-electron chi connectivity index (χ0n) is 13.4. The van der Waals surface area contributed by atoms with E-state index in [1.54, 1.807) is 0 Å². The standard InChI is InChI=1S/C16H21N3O4.ClH/c1-10-3-2-4-11(7-10)13(18-16(17)23)8-14(20)19-6-5-12(9-19)15(21)22;/h2-4,7,12-13H,5-6,8-9H2,1H3,(H,21,22)(H3,17,18,23);1H. The van der Waals surface area contributed by atoms with Gasteiger partial charge in [-0.15, -0.1) is 12.4 Å². The summed E-state index contributed by atoms with van der Waals surface area (Å²) >= 11 is 0. The maximum atomic E-state index is 12.4. The number of halogens is 1. The first kappa shape index (κ1) is 19.8. The molecule has 24 heavy (non-hydrogen) atoms. The maximum Gasteiger partial charge on any atom is 0.312 e. The van der Waals surface area contributed by atoms with E-state index >= 15 is 0 Å². The van der Waals surface area contributed by atoms with Gasteiger partial charge in [0.15, 0.2) is 0 Å². The van der Waals surface area contributed by atoms with Crippen LogP contribution in [0.1, 0.15) is 30.0 Å². The molecule has 132 valence electrons. The van der Waals surface area contributed by atoms with Crippen molar-refractivity contribution >= 4 is 30.3 Å². The zero-order valence-corrected chi connectivity index (χ0v) is 14.2. The molecule has 1 aliphatic rings. The highest BCUT2D eigenvalue weighted by Gasteiger charge is 2.32. The van der Waals surface area contributed by atoms with E-state index in [0.717, 1.165) is 11.1 Å². The predicted octanol–water partition coefficient (Wildman–Crippen LogP) is 1.45. The number of primary amides is 1. The summed E-state index contributed by atoms with van der Waals surface area (Å²) in [6.07, 6.45) is 0.512. The summed E-state index contributed by atoms with van der Waals surface area (Å²) in [7, 11) is 0. The van der Waals surface area contributed by atoms with Gasteiger partial charge in [-0.25, -0.2) is 4.79 Å². The second-order valence-electron chi connectivity index (χ2n) is 5.84. The quantitative estimate of drug-likeness (QED) is 0.741. The van der Waals surface area contributed by atoms with Crippen molar-refractivity contribution in [1.29, 1.82) is 0 Å². The molecule has 0 aliphatic carbocycles. The third-order valence-corrected chi connectivity index (χ3v) is 4.03. The van der Waals surface area contributed by atoms with Crippen molar-refractivity contribution in [1.82, 2.24) is 10.2 Å². The number of hydrogen-bond acceptors (Lipinski definition) is 3. The van der Waals surface area contributed by atoms with E-state index < -0.39 is 24.0 Å². The lowest BCUT2D eigenvalue weighted by Gasteiger charge is -2.22. The third-order valence-electron chi connectivity index (χ3n) is 4.03. The highest BCUT2D eigenvalue weighted by atomic mass is 35.5. The van der Waals surface area contributed by atoms with Gasteiger partial charge in [0.05, 0.1) is 18.4 Å². The number of carbonyl (C=O) groups is 3. The monoisotopic (exact) mass is 355 g/mol. The van der Waals surface area contributed by atoms with Gasteiger partial charge in [0.1, 0.15) is 0 Å². The minimum atomic E-state index is -0.884. The molecule has 0 radical (unpaired) electrons. The number of aryl methyl sites for hydroxylation is 1. The SMILES string of the molecule is Cc1cccc(C(CC(=O)N2CCC(C(=O)O)C2)NC(N)=O)c1.Cl. The molecular weight excluding hydrogens is 334 g/mol. The molecule has 2 rings (SSSR count). The number of rotatable bonds is 5. The Hall–Kier alpha value is -2.28. The summed E-state index contributed by atoms with van der Waals surface area (Å²) in [5.74, 6) is -1.58. The molecule has 4 N–H and O–H groups in total. The molecular formula is C16H22ClN3O4. The number of carboxylic acids is 1. The topological polar surface area (TPSA) is 113 Å². The smallest absolute Gasteiger partial charge is 0.312 e. The van der Waals surface area contributed by atoms with Crippen LogP contribution in [0.3, 0.4) is 0 Å². The predicted molar refractivity (Wildman–Crippen MR) is 90.8 cm³/mol. The number of nitrogens with two attached hydrogens (primary N) is 1. The second kappa shape index (κ2) is 8.54. The molecule has 3 amide bonds. The number of likely N-dealkylation sites (tertiary alicyclic amines) is 1. The Labute approximate surface area is 146 Å². The molecule has 1 fully saturated rings. The number of hydrogen-bond donors (Lipinski definition) is 3. The average molecular weight is 356 g/mol. The largest absolute Gasteiger partial charge is 0.481 e. The van der Waals surface area contributed by atoms with Crippen LogP contribution < -0.4 is 11.1 Å². The van der Waals surface area contributed by atoms with Gasteiger partial charge < -0.3 is 21.1 Å². The number of aliphatic carboxylic acids is 1. The summed E-state index contributed by atoms with van der Waals surface area (Å²) in [4.78, 5) is 36.1. The Morgan fingerprint density at radius 1 is 1.42 bits per heavy atom. The fourth-order valence-electron chi connectivity index (χ4n) is 2.80. The molecule has 1 aromatic rings. The molecule has 8 heteroatoms. The molecule has 1 aliphatic heterocycles. The minimum absolute atomic E-state index is 0. The number of benzene rings is 1. The number of urea groups is 1. The first-order valence-electron chi connectivity index (χ1n) is 7.50. The Morgan fingerprint density at radius 2 is 2.12 bits per heavy atom. The lowest BCUT2D eigenvalue weighted by atomic mass is 10.0. The van der Waals surface area contributed by atoms with E-state index in [1.165, 1.54) is 4.90 Å². The van der Waals surface area contributed by atoms with Crippen molar-refractivity contribution in [2.24, 2.45) is 11.7 Å². The summed E-state index contributed by atoms with van der Waals surface area (Å²) in [5, 5.41) is 11.6. The van der Waals surface area contributed by atoms with Gasteiger partial charge in [0.25, 0.3) is 0 Å². The minimum Gasteiger partial charge on any atom is -0.481 e. The van der Waals surface area contributed by atoms with Crippen LogP contribution >= 0.6 is 12.4 Å². The Bertz CT molecular complexity index is 623. The first-order valence-corrected chi connectivity index (χ1v) is 7.50. The second-order valence-corrected chi connectivity index (χ2v) is 5.84. The van der Waals surface area contributed by atoms with E-state index in [9.17, 15) is 14.4 Å². The molecule has 0 saturated carbocycles. The Morgan fingerprint density at radius 3 is 2.67 bits per heavy atom. The normalized spacial score (nSPS) is 17.7. The van der Waals surface area contributed by atoms with Crippen molar-refractivity contribution in [2.45, 2.75) is 25.8 Å². The van der Waals surface area contributed by atoms with Gasteiger partial charge in [-0.3, -0.25) is 9.59 Å². The molecule has 2 unspecified atom stereocenters. The van der Waals surface area contributed by atoms with Gasteiger partial charge in [-0.1, -0.05) is 29.8 Å². The van der Waals surface area contributed by atoms with Crippen molar-refractivity contribution < 1.29 is 19.5 Å². The molecule has 1 saturated heterocycles. The first-order chi connectivity index (χ1) is 10.9. The number of nitrogens with one attached hydrogen (secondary N) is 1. The molecule has 1 heterocycles. The van der Waals surface area contributed by atoms with Crippen LogP contribution in [-0.4, -0.2) is 41.0 Å². The van der Waals surface area contributed by atoms with Crippen LogP contribution in [0.4, 0.5) is 4.79 Å². The lowest BCUT2D eigenvalue weighted by molar-refractivity contribution is -0.141. The fraction of sp³-hybridized carbons (Fsp3) is 0.438. The van der Waals surface area contributed by atoms with Crippen molar-refractivity contribution in [3.8, 4) is 0 Å². The number of carbonyl (C=O) groups excluding carboxylic acids is 2. The van der Waals surface area contributed by atoms with Crippen molar-refractivity contribution in [3.63, 3.8) is 0 Å². The summed E-state index contributed by atoms with van der Waals surface area (Å²) in [6.45, 7) is 2.56. The van der Waals surface area contributed by atoms with E-state index in [4.69, 9.17) is 10.8 Å². The molecule has 0 spiro atoms. The zero-order chi connectivity index (χ0) is 17.0. The van der Waals surface area contributed by atoms with Gasteiger partial charge >= 0.3 is 12.0 Å². The maximum absolute atomic E-state index is 12.4. The lowest BCUT2D eigenvalue weighted by Crippen LogP contribution is -2.38. The van der Waals surface area contributed by atoms with E-state index in [-0.39, 0.29) is 31.3 Å². The van der Waals surface area contributed by atoms with Gasteiger partial charge in [-0.05, 0) is 18.9 Å². The van der Waals surface area contributed by atoms with E-state index in [2.05, 4.69) is 5.32 Å². The molecule has 2 atom stereocenters. The summed E-state index contributed by atoms with van der Waals surface area (Å²) in [6, 6.07) is 6.26. The van der Waals surface area contributed by atoms with Crippen LogP contribution in [0.25, 0.3) is 0 Å². The molecule has 1 aromatic carbocycles. The highest BCUT2D eigenvalue weighted by Crippen LogP contribution is 2.22. The van der Waals surface area contributed by atoms with Gasteiger partial charge in [0.2, 0.25) is 5.91 Å². The van der Waals surface area contributed by atoms with Crippen LogP contribution in [0.2, 0.25) is 0 Å². The number of carboxylic acid groups (broad SMARTS) is 1. The van der Waals surface area contributed by atoms with Crippen LogP contribution in [0.15, 0.2) is 24.3 Å². The molecule has 0 bridgehead atoms. The Kier molecular flexibility index (Phi) is 7.03. The third kappa shape index (κ3) is 5.13. The van der Waals surface area contributed by atoms with E-state index in [0.29, 0.717) is 13.0 Å². The summed E-state index contributed by atoms with van der Waals surface area (Å²) in [5.41, 5.74) is 7.02.